The summed E-state index contributed by atoms with van der Waals surface area (Å²) < 4.78 is 0. The predicted molar refractivity (Wildman–Crippen MR) is 45.5 cm³/mol. The molecule has 0 bridgehead atoms. The minimum absolute atomic E-state index is 0.236. The second-order valence-corrected chi connectivity index (χ2v) is 2.91. The third-order valence-electron chi connectivity index (χ3n) is 1.21. The van der Waals surface area contributed by atoms with Crippen LogP contribution < -0.4 is 0 Å². The molecule has 0 aliphatic carbocycles. The van der Waals surface area contributed by atoms with Gasteiger partial charge in [0.25, 0.3) is 0 Å². The van der Waals surface area contributed by atoms with Gasteiger partial charge in [0.15, 0.2) is 5.38 Å². The molecule has 0 saturated carbocycles. The Morgan fingerprint density at radius 3 is 2.75 bits per heavy atom. The van der Waals surface area contributed by atoms with Crippen LogP contribution in [0.2, 0.25) is 5.15 Å². The fraction of sp³-hybridized carbons (Fsp3) is 0.143. The van der Waals surface area contributed by atoms with E-state index in [1.54, 1.807) is 12.1 Å². The highest BCUT2D eigenvalue weighted by Gasteiger charge is 2.17. The third kappa shape index (κ3) is 2.09. The zero-order valence-electron chi connectivity index (χ0n) is 5.87. The quantitative estimate of drug-likeness (QED) is 0.595. The number of rotatable bonds is 2. The second kappa shape index (κ2) is 3.74. The lowest BCUT2D eigenvalue weighted by atomic mass is 10.3. The number of nitrogens with zero attached hydrogens (tertiary/aromatic N) is 1. The number of pyridine rings is 1. The van der Waals surface area contributed by atoms with Crippen LogP contribution in [0.25, 0.3) is 0 Å². The van der Waals surface area contributed by atoms with Gasteiger partial charge in [-0.05, 0) is 12.1 Å². The smallest absolute Gasteiger partial charge is 0.327 e. The lowest BCUT2D eigenvalue weighted by Gasteiger charge is -2.02. The van der Waals surface area contributed by atoms with Crippen LogP contribution in [0.1, 0.15) is 11.1 Å². The van der Waals surface area contributed by atoms with E-state index in [1.165, 1.54) is 6.07 Å². The molecule has 1 aromatic heterocycles. The highest BCUT2D eigenvalue weighted by Crippen LogP contribution is 2.19. The van der Waals surface area contributed by atoms with Gasteiger partial charge in [0.1, 0.15) is 5.15 Å². The Labute approximate surface area is 78.9 Å². The average Bonchev–Trinajstić information content (AvgIpc) is 2.03. The van der Waals surface area contributed by atoms with Crippen LogP contribution in [0, 0.1) is 0 Å². The van der Waals surface area contributed by atoms with Gasteiger partial charge in [-0.2, -0.15) is 0 Å². The van der Waals surface area contributed by atoms with Gasteiger partial charge in [-0.3, -0.25) is 4.79 Å². The van der Waals surface area contributed by atoms with E-state index in [1.807, 2.05) is 0 Å². The van der Waals surface area contributed by atoms with Crippen molar-refractivity contribution in [3.05, 3.63) is 29.0 Å². The van der Waals surface area contributed by atoms with Crippen LogP contribution in [0.3, 0.4) is 0 Å². The summed E-state index contributed by atoms with van der Waals surface area (Å²) in [6.07, 6.45) is 0. The summed E-state index contributed by atoms with van der Waals surface area (Å²) in [4.78, 5) is 14.1. The molecular weight excluding hydrogens is 201 g/mol. The van der Waals surface area contributed by atoms with Crippen LogP contribution in [-0.4, -0.2) is 16.1 Å². The van der Waals surface area contributed by atoms with Gasteiger partial charge in [0.05, 0.1) is 5.69 Å². The van der Waals surface area contributed by atoms with Gasteiger partial charge in [-0.1, -0.05) is 17.7 Å². The Hall–Kier alpha value is -0.800. The molecule has 64 valence electrons. The summed E-state index contributed by atoms with van der Waals surface area (Å²) in [6.45, 7) is 0. The Bertz CT molecular complexity index is 303. The van der Waals surface area contributed by atoms with Crippen molar-refractivity contribution in [1.82, 2.24) is 4.98 Å². The number of carboxylic acid groups (broad SMARTS) is 1. The molecule has 0 saturated heterocycles. The summed E-state index contributed by atoms with van der Waals surface area (Å²) in [7, 11) is 0. The summed E-state index contributed by atoms with van der Waals surface area (Å²) in [5, 5.41) is 7.61. The molecule has 0 spiro atoms. The first-order chi connectivity index (χ1) is 5.61. The largest absolute Gasteiger partial charge is 0.480 e. The zero-order valence-corrected chi connectivity index (χ0v) is 7.38. The molecule has 1 unspecified atom stereocenters. The number of carbonyl (C=O) groups is 1. The minimum Gasteiger partial charge on any atom is -0.480 e. The highest BCUT2D eigenvalue weighted by atomic mass is 35.5. The monoisotopic (exact) mass is 205 g/mol. The fourth-order valence-corrected chi connectivity index (χ4v) is 0.983. The molecule has 1 N–H and O–H groups in total. The van der Waals surface area contributed by atoms with E-state index in [-0.39, 0.29) is 10.8 Å². The van der Waals surface area contributed by atoms with Crippen molar-refractivity contribution in [3.63, 3.8) is 0 Å². The van der Waals surface area contributed by atoms with Gasteiger partial charge >= 0.3 is 5.97 Å². The van der Waals surface area contributed by atoms with Crippen LogP contribution >= 0.6 is 23.2 Å². The van der Waals surface area contributed by atoms with E-state index in [9.17, 15) is 4.79 Å². The van der Waals surface area contributed by atoms with E-state index in [0.717, 1.165) is 0 Å². The molecule has 0 fully saturated rings. The maximum absolute atomic E-state index is 10.4. The van der Waals surface area contributed by atoms with Crippen molar-refractivity contribution in [3.8, 4) is 0 Å². The van der Waals surface area contributed by atoms with Crippen LogP contribution in [-0.2, 0) is 4.79 Å². The molecule has 1 atom stereocenters. The lowest BCUT2D eigenvalue weighted by molar-refractivity contribution is -0.136. The van der Waals surface area contributed by atoms with Crippen molar-refractivity contribution >= 4 is 29.2 Å². The van der Waals surface area contributed by atoms with Gasteiger partial charge in [0, 0.05) is 0 Å². The van der Waals surface area contributed by atoms with Gasteiger partial charge < -0.3 is 5.11 Å². The van der Waals surface area contributed by atoms with Gasteiger partial charge in [0.2, 0.25) is 0 Å². The molecule has 0 radical (unpaired) electrons. The number of hydrogen-bond acceptors (Lipinski definition) is 2. The van der Waals surface area contributed by atoms with Crippen LogP contribution in [0.4, 0.5) is 0 Å². The second-order valence-electron chi connectivity index (χ2n) is 2.09. The standard InChI is InChI=1S/C7H5Cl2NO2/c8-5-3-1-2-4(10-5)6(9)7(11)12/h1-3,6H,(H,11,12). The van der Waals surface area contributed by atoms with Crippen molar-refractivity contribution in [2.24, 2.45) is 0 Å². The fourth-order valence-electron chi connectivity index (χ4n) is 0.692. The molecule has 1 rings (SSSR count). The topological polar surface area (TPSA) is 50.2 Å². The Balaban J connectivity index is 2.95. The Kier molecular flexibility index (Phi) is 2.89. The molecule has 0 amide bonds. The number of carboxylic acids is 1. The number of aromatic nitrogens is 1. The first-order valence-electron chi connectivity index (χ1n) is 3.10. The highest BCUT2D eigenvalue weighted by molar-refractivity contribution is 6.30. The van der Waals surface area contributed by atoms with Gasteiger partial charge in [-0.25, -0.2) is 4.98 Å². The van der Waals surface area contributed by atoms with E-state index >= 15 is 0 Å². The van der Waals surface area contributed by atoms with E-state index in [4.69, 9.17) is 28.3 Å². The van der Waals surface area contributed by atoms with Crippen molar-refractivity contribution < 1.29 is 9.90 Å². The molecule has 1 aromatic rings. The number of alkyl halides is 1. The SMILES string of the molecule is O=C(O)C(Cl)c1cccc(Cl)n1. The van der Waals surface area contributed by atoms with Crippen molar-refractivity contribution in [1.29, 1.82) is 0 Å². The summed E-state index contributed by atoms with van der Waals surface area (Å²) >= 11 is 11.0. The predicted octanol–water partition coefficient (Wildman–Crippen LogP) is 2.10. The summed E-state index contributed by atoms with van der Waals surface area (Å²) in [5.74, 6) is -1.13. The van der Waals surface area contributed by atoms with E-state index in [0.29, 0.717) is 0 Å². The molecular formula is C7H5Cl2NO2. The first kappa shape index (κ1) is 9.29. The summed E-state index contributed by atoms with van der Waals surface area (Å²) in [6, 6.07) is 4.66. The Morgan fingerprint density at radius 2 is 2.25 bits per heavy atom. The number of aliphatic carboxylic acids is 1. The van der Waals surface area contributed by atoms with Crippen LogP contribution in [0.15, 0.2) is 18.2 Å². The number of halogens is 2. The minimum atomic E-state index is -1.14. The third-order valence-corrected chi connectivity index (χ3v) is 1.83. The molecule has 3 nitrogen and oxygen atoms in total. The molecule has 0 aromatic carbocycles. The van der Waals surface area contributed by atoms with Gasteiger partial charge in [-0.15, -0.1) is 11.6 Å². The maximum Gasteiger partial charge on any atom is 0.327 e. The molecule has 0 aliphatic rings. The molecule has 12 heavy (non-hydrogen) atoms. The van der Waals surface area contributed by atoms with Crippen LogP contribution in [0.5, 0.6) is 0 Å². The van der Waals surface area contributed by atoms with E-state index < -0.39 is 11.3 Å². The molecule has 0 aliphatic heterocycles. The Morgan fingerprint density at radius 1 is 1.58 bits per heavy atom. The molecule has 5 heteroatoms. The average molecular weight is 206 g/mol. The van der Waals surface area contributed by atoms with E-state index in [2.05, 4.69) is 4.98 Å². The zero-order chi connectivity index (χ0) is 9.14. The lowest BCUT2D eigenvalue weighted by Crippen LogP contribution is -2.06. The summed E-state index contributed by atoms with van der Waals surface area (Å²) in [5.41, 5.74) is 0.247. The van der Waals surface area contributed by atoms with Crippen molar-refractivity contribution in [2.75, 3.05) is 0 Å². The maximum atomic E-state index is 10.4. The normalized spacial score (nSPS) is 12.5. The first-order valence-corrected chi connectivity index (χ1v) is 3.92. The van der Waals surface area contributed by atoms with Crippen molar-refractivity contribution in [2.45, 2.75) is 5.38 Å². The molecule has 1 heterocycles. The number of hydrogen-bond donors (Lipinski definition) is 1.